The normalized spacial score (nSPS) is 11.7. The second-order valence-corrected chi connectivity index (χ2v) is 37.6. The summed E-state index contributed by atoms with van der Waals surface area (Å²) in [6.07, 6.45) is 3.82. The fourth-order valence-corrected chi connectivity index (χ4v) is 22.3. The molecule has 0 saturated carbocycles. The van der Waals surface area contributed by atoms with Crippen LogP contribution in [0.2, 0.25) is 0 Å². The molecule has 9 heteroatoms. The van der Waals surface area contributed by atoms with Gasteiger partial charge in [0, 0.05) is 93.2 Å². The number of rotatable bonds is 11. The van der Waals surface area contributed by atoms with E-state index in [0.29, 0.717) is 11.6 Å². The molecule has 6 heterocycles. The molecule has 0 radical (unpaired) electrons. The third-order valence-corrected chi connectivity index (χ3v) is 29.3. The Hall–Kier alpha value is -19.5. The minimum Gasteiger partial charge on any atom is -0.309 e. The number of aromatic nitrogens is 9. The topological polar surface area (TPSA) is 92.1 Å². The average Bonchev–Trinajstić information content (AvgIpc) is 1.72. The van der Waals surface area contributed by atoms with E-state index in [1.54, 1.807) is 0 Å². The highest BCUT2D eigenvalue weighted by Gasteiger charge is 2.24. The van der Waals surface area contributed by atoms with Gasteiger partial charge >= 0.3 is 0 Å². The molecule has 9 nitrogen and oxygen atoms in total. The molecule has 0 aliphatic rings. The van der Waals surface area contributed by atoms with Gasteiger partial charge in [-0.1, -0.05) is 352 Å². The summed E-state index contributed by atoms with van der Waals surface area (Å²) in [7, 11) is 0. The lowest BCUT2D eigenvalue weighted by atomic mass is 9.90. The summed E-state index contributed by atoms with van der Waals surface area (Å²) < 4.78 is 7.12. The minimum atomic E-state index is 0.709. The summed E-state index contributed by atoms with van der Waals surface area (Å²) in [6, 6.07) is 180. The Balaban J connectivity index is 0.000000106. The van der Waals surface area contributed by atoms with Gasteiger partial charge in [-0.15, -0.1) is 0 Å². The SMILES string of the molecule is c1ccc(-c2ccc3c(-c4ccc5ccccc5c4)nc(-c4ccc(-n5c6ccccc6c6cc7ccccc7cc65)cc4)nc3c2)cc1.c1ccc(-c2ccc3c(-c4ccccc4)nc(-c4ccc(-n5c6ccccc6c6cc7ccccc7cc65)cc4)nc3c2)cc1.c1ccc2cc3c(cc2c1)c1ccccc1n3-c1ccc(-c2ccc(-c3ccc4c5ccccc5c5ccccc5c4c3)c3cnncc23)cc1. The van der Waals surface area contributed by atoms with Crippen molar-refractivity contribution < 1.29 is 0 Å². The van der Waals surface area contributed by atoms with Gasteiger partial charge < -0.3 is 13.7 Å². The van der Waals surface area contributed by atoms with Gasteiger partial charge in [-0.05, 0) is 272 Å². The predicted molar refractivity (Wildman–Crippen MR) is 608 cm³/mol. The van der Waals surface area contributed by atoms with Crippen LogP contribution in [0.5, 0.6) is 0 Å². The zero-order valence-corrected chi connectivity index (χ0v) is 78.6. The van der Waals surface area contributed by atoms with Crippen LogP contribution in [0.1, 0.15) is 0 Å². The van der Waals surface area contributed by atoms with Crippen molar-refractivity contribution in [3.8, 4) is 107 Å². The Labute approximate surface area is 834 Å². The lowest BCUT2D eigenvalue weighted by Gasteiger charge is -2.15. The number of hydrogen-bond donors (Lipinski definition) is 0. The first kappa shape index (κ1) is 83.7. The van der Waals surface area contributed by atoms with E-state index >= 15 is 0 Å². The van der Waals surface area contributed by atoms with Crippen molar-refractivity contribution in [3.63, 3.8) is 0 Å². The van der Waals surface area contributed by atoms with Crippen molar-refractivity contribution in [1.82, 2.24) is 43.8 Å². The number of para-hydroxylation sites is 3. The van der Waals surface area contributed by atoms with E-state index in [4.69, 9.17) is 19.9 Å². The molecule has 0 N–H and O–H groups in total. The molecule has 0 amide bonds. The number of hydrogen-bond acceptors (Lipinski definition) is 6. The van der Waals surface area contributed by atoms with Gasteiger partial charge in [0.2, 0.25) is 0 Å². The lowest BCUT2D eigenvalue weighted by Crippen LogP contribution is -1.97. The monoisotopic (exact) mass is 1840 g/mol. The zero-order valence-electron chi connectivity index (χ0n) is 78.6. The highest BCUT2D eigenvalue weighted by Crippen LogP contribution is 2.46. The van der Waals surface area contributed by atoms with Crippen molar-refractivity contribution in [2.24, 2.45) is 0 Å². The van der Waals surface area contributed by atoms with E-state index in [9.17, 15) is 0 Å². The van der Waals surface area contributed by atoms with Crippen LogP contribution < -0.4 is 0 Å². The first-order valence-corrected chi connectivity index (χ1v) is 49.3. The molecule has 24 aromatic carbocycles. The largest absolute Gasteiger partial charge is 0.309 e. The van der Waals surface area contributed by atoms with E-state index in [1.165, 1.54) is 158 Å². The van der Waals surface area contributed by atoms with E-state index < -0.39 is 0 Å². The fraction of sp³-hybridized carbons (Fsp3) is 0. The van der Waals surface area contributed by atoms with Crippen LogP contribution in [0, 0.1) is 0 Å². The number of benzene rings is 24. The zero-order chi connectivity index (χ0) is 95.5. The molecule has 0 unspecified atom stereocenters. The summed E-state index contributed by atoms with van der Waals surface area (Å²) in [4.78, 5) is 20.7. The van der Waals surface area contributed by atoms with Crippen molar-refractivity contribution >= 4 is 173 Å². The second kappa shape index (κ2) is 34.8. The van der Waals surface area contributed by atoms with E-state index in [0.717, 1.165) is 111 Å². The molecule has 30 rings (SSSR count). The van der Waals surface area contributed by atoms with Crippen LogP contribution >= 0.6 is 0 Å². The maximum atomic E-state index is 5.26. The molecular weight excluding hydrogens is 1760 g/mol. The lowest BCUT2D eigenvalue weighted by molar-refractivity contribution is 1.05. The third-order valence-electron chi connectivity index (χ3n) is 29.3. The Morgan fingerprint density at radius 2 is 0.434 bits per heavy atom. The number of fused-ring (bicyclic) bond motifs is 22. The quantitative estimate of drug-likeness (QED) is 0.120. The highest BCUT2D eigenvalue weighted by molar-refractivity contribution is 6.27. The van der Waals surface area contributed by atoms with Crippen LogP contribution in [-0.4, -0.2) is 43.8 Å². The molecular formula is C136H85N9. The van der Waals surface area contributed by atoms with Crippen molar-refractivity contribution in [3.05, 3.63) is 516 Å². The maximum Gasteiger partial charge on any atom is 0.160 e. The Morgan fingerprint density at radius 3 is 0.848 bits per heavy atom. The molecule has 0 bridgehead atoms. The Bertz CT molecular complexity index is 10400. The molecule has 0 aliphatic carbocycles. The van der Waals surface area contributed by atoms with Gasteiger partial charge in [0.1, 0.15) is 0 Å². The molecule has 0 fully saturated rings. The van der Waals surface area contributed by atoms with E-state index in [-0.39, 0.29) is 0 Å². The summed E-state index contributed by atoms with van der Waals surface area (Å²) in [5.41, 5.74) is 27.6. The van der Waals surface area contributed by atoms with Gasteiger partial charge in [-0.3, -0.25) is 0 Å². The molecule has 145 heavy (non-hydrogen) atoms. The Morgan fingerprint density at radius 1 is 0.138 bits per heavy atom. The van der Waals surface area contributed by atoms with Crippen LogP contribution in [0.25, 0.3) is 280 Å². The van der Waals surface area contributed by atoms with Crippen molar-refractivity contribution in [2.75, 3.05) is 0 Å². The summed E-state index contributed by atoms with van der Waals surface area (Å²) in [6.45, 7) is 0. The van der Waals surface area contributed by atoms with Crippen molar-refractivity contribution in [2.45, 2.75) is 0 Å². The van der Waals surface area contributed by atoms with Gasteiger partial charge in [-0.25, -0.2) is 19.9 Å². The van der Waals surface area contributed by atoms with Gasteiger partial charge in [0.25, 0.3) is 0 Å². The average molecular weight is 1850 g/mol. The number of nitrogens with zero attached hydrogens (tertiary/aromatic N) is 9. The molecule has 0 saturated heterocycles. The summed E-state index contributed by atoms with van der Waals surface area (Å²) in [5, 5.41) is 38.0. The maximum absolute atomic E-state index is 5.26. The van der Waals surface area contributed by atoms with E-state index in [2.05, 4.69) is 509 Å². The predicted octanol–water partition coefficient (Wildman–Crippen LogP) is 35.6. The Kier molecular flexibility index (Phi) is 20.1. The minimum absolute atomic E-state index is 0.709. The molecule has 6 aromatic heterocycles. The van der Waals surface area contributed by atoms with E-state index in [1.807, 2.05) is 30.6 Å². The summed E-state index contributed by atoms with van der Waals surface area (Å²) in [5.74, 6) is 1.42. The molecule has 674 valence electrons. The van der Waals surface area contributed by atoms with Crippen LogP contribution in [0.4, 0.5) is 0 Å². The second-order valence-electron chi connectivity index (χ2n) is 37.6. The van der Waals surface area contributed by atoms with Crippen molar-refractivity contribution in [1.29, 1.82) is 0 Å². The molecule has 0 aliphatic heterocycles. The fourth-order valence-electron chi connectivity index (χ4n) is 22.3. The van der Waals surface area contributed by atoms with Gasteiger partial charge in [-0.2, -0.15) is 10.2 Å². The smallest absolute Gasteiger partial charge is 0.160 e. The standard InChI is InChI=1S/C48H29N3.C46H29N3.C42H27N3/c1-2-10-32-27-48-44(25-31(32)9-1)42-15-7-8-16-47(42)51(48)34-20-17-30(18-21-34)35-23-24-36(46-29-50-49-28-45(35)46)33-19-22-41-39-13-4-3-11-37(39)38-12-5-6-14-40(38)43(41)26-33;1-2-10-30(11-3-1)36-22-25-40-42(28-36)47-46(48-45(40)37-19-18-31-12-4-5-13-33(31)26-37)32-20-23-38(24-21-32)49-43-17-9-8-16-39(43)41-27-34-14-6-7-15-35(34)29-44(41)49;1-3-11-28(12-4-1)33-21-24-36-38(26-33)43-42(44-41(36)29-13-5-2-6-14-29)30-19-22-34(23-20-30)45-39-18-10-9-17-35(39)37-25-31-15-7-8-16-32(31)27-40(37)45/h1-29H;1-29H;1-27H. The highest BCUT2D eigenvalue weighted by atomic mass is 15.1. The van der Waals surface area contributed by atoms with Gasteiger partial charge in [0.15, 0.2) is 11.6 Å². The first-order valence-electron chi connectivity index (χ1n) is 49.3. The molecule has 0 spiro atoms. The molecule has 30 aromatic rings. The third kappa shape index (κ3) is 14.6. The van der Waals surface area contributed by atoms with Crippen LogP contribution in [-0.2, 0) is 0 Å². The van der Waals surface area contributed by atoms with Gasteiger partial charge in [0.05, 0.1) is 67.9 Å². The van der Waals surface area contributed by atoms with Crippen LogP contribution in [0.3, 0.4) is 0 Å². The summed E-state index contributed by atoms with van der Waals surface area (Å²) >= 11 is 0. The van der Waals surface area contributed by atoms with Crippen LogP contribution in [0.15, 0.2) is 516 Å². The molecule has 0 atom stereocenters. The first-order chi connectivity index (χ1) is 71.9.